The molecule has 18 heavy (non-hydrogen) atoms. The van der Waals surface area contributed by atoms with E-state index in [1.165, 1.54) is 6.26 Å². The highest BCUT2D eigenvalue weighted by Gasteiger charge is 2.33. The van der Waals surface area contributed by atoms with Gasteiger partial charge in [0.05, 0.1) is 5.25 Å². The molecular weight excluding hydrogens is 250 g/mol. The van der Waals surface area contributed by atoms with Crippen LogP contribution in [0, 0.1) is 5.92 Å². The molecule has 2 atom stereocenters. The molecule has 0 aromatic rings. The SMILES string of the molecule is CC(C)COCCCNC1CCCC1S(C)(=O)=O. The van der Waals surface area contributed by atoms with Crippen molar-refractivity contribution in [2.75, 3.05) is 26.0 Å². The number of rotatable bonds is 8. The van der Waals surface area contributed by atoms with Crippen LogP contribution < -0.4 is 5.32 Å². The average molecular weight is 277 g/mol. The molecule has 1 fully saturated rings. The van der Waals surface area contributed by atoms with E-state index >= 15 is 0 Å². The van der Waals surface area contributed by atoms with Crippen LogP contribution >= 0.6 is 0 Å². The van der Waals surface area contributed by atoms with Gasteiger partial charge in [0.2, 0.25) is 0 Å². The van der Waals surface area contributed by atoms with Crippen LogP contribution in [0.1, 0.15) is 39.5 Å². The lowest BCUT2D eigenvalue weighted by Crippen LogP contribution is -2.40. The van der Waals surface area contributed by atoms with Crippen molar-refractivity contribution in [1.29, 1.82) is 0 Å². The number of hydrogen-bond donors (Lipinski definition) is 1. The van der Waals surface area contributed by atoms with E-state index in [-0.39, 0.29) is 11.3 Å². The van der Waals surface area contributed by atoms with Gasteiger partial charge in [-0.2, -0.15) is 0 Å². The molecule has 108 valence electrons. The maximum absolute atomic E-state index is 11.6. The summed E-state index contributed by atoms with van der Waals surface area (Å²) in [7, 11) is -2.90. The molecule has 0 aromatic heterocycles. The Hall–Kier alpha value is -0.130. The van der Waals surface area contributed by atoms with Crippen LogP contribution in [0.15, 0.2) is 0 Å². The fourth-order valence-corrected chi connectivity index (χ4v) is 3.88. The number of sulfone groups is 1. The van der Waals surface area contributed by atoms with Crippen molar-refractivity contribution < 1.29 is 13.2 Å². The number of nitrogens with one attached hydrogen (secondary N) is 1. The topological polar surface area (TPSA) is 55.4 Å². The van der Waals surface area contributed by atoms with Gasteiger partial charge in [-0.1, -0.05) is 20.3 Å². The Morgan fingerprint density at radius 3 is 2.67 bits per heavy atom. The van der Waals surface area contributed by atoms with Crippen molar-refractivity contribution in [2.24, 2.45) is 5.92 Å². The molecule has 0 aromatic carbocycles. The third kappa shape index (κ3) is 5.67. The predicted octanol–water partition coefficient (Wildman–Crippen LogP) is 1.60. The molecule has 1 aliphatic carbocycles. The summed E-state index contributed by atoms with van der Waals surface area (Å²) in [6.45, 7) is 6.66. The second-order valence-corrected chi connectivity index (χ2v) is 7.95. The molecule has 5 heteroatoms. The quantitative estimate of drug-likeness (QED) is 0.685. The Kier molecular flexibility index (Phi) is 6.60. The zero-order valence-electron chi connectivity index (χ0n) is 11.8. The molecule has 1 rings (SSSR count). The van der Waals surface area contributed by atoms with E-state index in [2.05, 4.69) is 19.2 Å². The molecule has 1 saturated carbocycles. The van der Waals surface area contributed by atoms with Crippen LogP contribution in [0.25, 0.3) is 0 Å². The monoisotopic (exact) mass is 277 g/mol. The number of hydrogen-bond acceptors (Lipinski definition) is 4. The first kappa shape index (κ1) is 15.9. The van der Waals surface area contributed by atoms with Crippen LogP contribution in [-0.2, 0) is 14.6 Å². The minimum absolute atomic E-state index is 0.144. The molecule has 0 heterocycles. The van der Waals surface area contributed by atoms with Crippen LogP contribution in [0.2, 0.25) is 0 Å². The lowest BCUT2D eigenvalue weighted by Gasteiger charge is -2.19. The summed E-state index contributed by atoms with van der Waals surface area (Å²) in [5.41, 5.74) is 0. The van der Waals surface area contributed by atoms with Gasteiger partial charge >= 0.3 is 0 Å². The van der Waals surface area contributed by atoms with E-state index in [9.17, 15) is 8.42 Å². The number of ether oxygens (including phenoxy) is 1. The van der Waals surface area contributed by atoms with Crippen molar-refractivity contribution in [1.82, 2.24) is 5.32 Å². The summed E-state index contributed by atoms with van der Waals surface area (Å²) in [6.07, 6.45) is 5.09. The molecular formula is C13H27NO3S. The van der Waals surface area contributed by atoms with Crippen molar-refractivity contribution >= 4 is 9.84 Å². The fraction of sp³-hybridized carbons (Fsp3) is 1.00. The van der Waals surface area contributed by atoms with E-state index < -0.39 is 9.84 Å². The van der Waals surface area contributed by atoms with Gasteiger partial charge in [-0.25, -0.2) is 8.42 Å². The van der Waals surface area contributed by atoms with Crippen molar-refractivity contribution in [3.63, 3.8) is 0 Å². The van der Waals surface area contributed by atoms with Gasteiger partial charge in [-0.05, 0) is 31.7 Å². The summed E-state index contributed by atoms with van der Waals surface area (Å²) < 4.78 is 28.7. The highest BCUT2D eigenvalue weighted by molar-refractivity contribution is 7.91. The van der Waals surface area contributed by atoms with Gasteiger partial charge in [0.25, 0.3) is 0 Å². The first-order valence-electron chi connectivity index (χ1n) is 6.91. The molecule has 1 N–H and O–H groups in total. The second kappa shape index (κ2) is 7.46. The maximum atomic E-state index is 11.6. The molecule has 0 aliphatic heterocycles. The van der Waals surface area contributed by atoms with Crippen molar-refractivity contribution in [2.45, 2.75) is 50.8 Å². The van der Waals surface area contributed by atoms with Gasteiger partial charge in [0, 0.05) is 25.5 Å². The molecule has 0 radical (unpaired) electrons. The highest BCUT2D eigenvalue weighted by atomic mass is 32.2. The molecule has 0 saturated heterocycles. The minimum Gasteiger partial charge on any atom is -0.381 e. The van der Waals surface area contributed by atoms with Crippen molar-refractivity contribution in [3.8, 4) is 0 Å². The van der Waals surface area contributed by atoms with E-state index in [1.807, 2.05) is 0 Å². The van der Waals surface area contributed by atoms with Gasteiger partial charge in [-0.3, -0.25) is 0 Å². The van der Waals surface area contributed by atoms with Gasteiger partial charge < -0.3 is 10.1 Å². The molecule has 4 nitrogen and oxygen atoms in total. The summed E-state index contributed by atoms with van der Waals surface area (Å²) in [5, 5.41) is 3.18. The first-order chi connectivity index (χ1) is 8.41. The summed E-state index contributed by atoms with van der Waals surface area (Å²) in [6, 6.07) is 0.144. The Morgan fingerprint density at radius 2 is 2.06 bits per heavy atom. The zero-order chi connectivity index (χ0) is 13.6. The lowest BCUT2D eigenvalue weighted by molar-refractivity contribution is 0.107. The summed E-state index contributed by atoms with van der Waals surface area (Å²) >= 11 is 0. The largest absolute Gasteiger partial charge is 0.381 e. The fourth-order valence-electron chi connectivity index (χ4n) is 2.45. The smallest absolute Gasteiger partial charge is 0.151 e. The predicted molar refractivity (Wildman–Crippen MR) is 74.5 cm³/mol. The second-order valence-electron chi connectivity index (χ2n) is 5.68. The minimum atomic E-state index is -2.90. The average Bonchev–Trinajstić information content (AvgIpc) is 2.70. The zero-order valence-corrected chi connectivity index (χ0v) is 12.6. The molecule has 0 amide bonds. The van der Waals surface area contributed by atoms with E-state index in [0.717, 1.165) is 45.4 Å². The Labute approximate surface area is 111 Å². The lowest BCUT2D eigenvalue weighted by atomic mass is 10.2. The van der Waals surface area contributed by atoms with E-state index in [4.69, 9.17) is 4.74 Å². The van der Waals surface area contributed by atoms with Gasteiger partial charge in [0.1, 0.15) is 0 Å². The van der Waals surface area contributed by atoms with Crippen LogP contribution in [-0.4, -0.2) is 45.7 Å². The van der Waals surface area contributed by atoms with Gasteiger partial charge in [0.15, 0.2) is 9.84 Å². The molecule has 1 aliphatic rings. The van der Waals surface area contributed by atoms with Crippen molar-refractivity contribution in [3.05, 3.63) is 0 Å². The standard InChI is InChI=1S/C13H27NO3S/c1-11(2)10-17-9-5-8-14-12-6-4-7-13(12)18(3,15)16/h11-14H,4-10H2,1-3H3. The normalized spacial score (nSPS) is 24.9. The summed E-state index contributed by atoms with van der Waals surface area (Å²) in [4.78, 5) is 0. The van der Waals surface area contributed by atoms with E-state index in [0.29, 0.717) is 5.92 Å². The van der Waals surface area contributed by atoms with Crippen LogP contribution in [0.4, 0.5) is 0 Å². The Bertz CT molecular complexity index is 327. The third-order valence-corrected chi connectivity index (χ3v) is 4.99. The van der Waals surface area contributed by atoms with Gasteiger partial charge in [-0.15, -0.1) is 0 Å². The first-order valence-corrected chi connectivity index (χ1v) is 8.86. The van der Waals surface area contributed by atoms with E-state index in [1.54, 1.807) is 0 Å². The van der Waals surface area contributed by atoms with Crippen LogP contribution in [0.5, 0.6) is 0 Å². The third-order valence-electron chi connectivity index (χ3n) is 3.33. The molecule has 0 spiro atoms. The molecule has 0 bridgehead atoms. The molecule has 2 unspecified atom stereocenters. The summed E-state index contributed by atoms with van der Waals surface area (Å²) in [5.74, 6) is 0.572. The maximum Gasteiger partial charge on any atom is 0.151 e. The van der Waals surface area contributed by atoms with Crippen LogP contribution in [0.3, 0.4) is 0 Å². The Morgan fingerprint density at radius 1 is 1.33 bits per heavy atom. The Balaban J connectivity index is 2.15. The highest BCUT2D eigenvalue weighted by Crippen LogP contribution is 2.24.